The van der Waals surface area contributed by atoms with Gasteiger partial charge in [-0.2, -0.15) is 0 Å². The van der Waals surface area contributed by atoms with Gasteiger partial charge in [0.25, 0.3) is 0 Å². The van der Waals surface area contributed by atoms with E-state index < -0.39 is 0 Å². The van der Waals surface area contributed by atoms with Crippen molar-refractivity contribution in [3.63, 3.8) is 0 Å². The molecule has 1 aromatic heterocycles. The Hall–Kier alpha value is -1.09. The molecular weight excluding hydrogens is 287 g/mol. The van der Waals surface area contributed by atoms with E-state index in [2.05, 4.69) is 23.4 Å². The molecule has 3 rings (SSSR count). The Bertz CT molecular complexity index is 650. The van der Waals surface area contributed by atoms with E-state index in [1.54, 1.807) is 6.07 Å². The van der Waals surface area contributed by atoms with Crippen LogP contribution in [-0.2, 0) is 0 Å². The summed E-state index contributed by atoms with van der Waals surface area (Å²) in [6.07, 6.45) is 3.52. The van der Waals surface area contributed by atoms with Gasteiger partial charge in [0.05, 0.1) is 10.9 Å². The van der Waals surface area contributed by atoms with Gasteiger partial charge >= 0.3 is 0 Å². The number of hydrogen-bond donors (Lipinski definition) is 0. The molecule has 114 valence electrons. The van der Waals surface area contributed by atoms with Crippen LogP contribution in [0.5, 0.6) is 0 Å². The predicted molar refractivity (Wildman–Crippen MR) is 85.2 cm³/mol. The highest BCUT2D eigenvalue weighted by molar-refractivity contribution is 6.20. The Morgan fingerprint density at radius 3 is 2.76 bits per heavy atom. The maximum absolute atomic E-state index is 14.1. The maximum Gasteiger partial charge on any atom is 0.151 e. The number of para-hydroxylation sites is 1. The molecule has 0 N–H and O–H groups in total. The van der Waals surface area contributed by atoms with Gasteiger partial charge in [0.15, 0.2) is 5.82 Å². The summed E-state index contributed by atoms with van der Waals surface area (Å²) in [5.41, 5.74) is 1.33. The van der Waals surface area contributed by atoms with Crippen molar-refractivity contribution in [2.45, 2.75) is 51.5 Å². The smallest absolute Gasteiger partial charge is 0.151 e. The van der Waals surface area contributed by atoms with Gasteiger partial charge in [0.1, 0.15) is 11.3 Å². The molecule has 1 fully saturated rings. The molecule has 1 aliphatic carbocycles. The van der Waals surface area contributed by atoms with Gasteiger partial charge in [0, 0.05) is 6.04 Å². The largest absolute Gasteiger partial charge is 0.323 e. The third-order valence-corrected chi connectivity index (χ3v) is 4.97. The number of hydrogen-bond acceptors (Lipinski definition) is 1. The fourth-order valence-electron chi connectivity index (χ4n) is 3.76. The van der Waals surface area contributed by atoms with Crippen LogP contribution in [0.15, 0.2) is 18.2 Å². The van der Waals surface area contributed by atoms with Crippen molar-refractivity contribution in [2.24, 2.45) is 11.8 Å². The van der Waals surface area contributed by atoms with Crippen LogP contribution in [0.25, 0.3) is 11.0 Å². The highest BCUT2D eigenvalue weighted by Gasteiger charge is 2.30. The van der Waals surface area contributed by atoms with Crippen molar-refractivity contribution in [3.8, 4) is 0 Å². The SMILES string of the molecule is CC1CCC(n2c(C(C)Cl)nc3c(F)cccc32)C(C)C1. The molecule has 1 aliphatic rings. The molecule has 21 heavy (non-hydrogen) atoms. The quantitative estimate of drug-likeness (QED) is 0.672. The Balaban J connectivity index is 2.16. The highest BCUT2D eigenvalue weighted by atomic mass is 35.5. The van der Waals surface area contributed by atoms with Crippen molar-refractivity contribution in [3.05, 3.63) is 29.8 Å². The Labute approximate surface area is 130 Å². The lowest BCUT2D eigenvalue weighted by atomic mass is 9.79. The summed E-state index contributed by atoms with van der Waals surface area (Å²) in [6, 6.07) is 5.55. The maximum atomic E-state index is 14.1. The second kappa shape index (κ2) is 5.60. The zero-order valence-electron chi connectivity index (χ0n) is 12.8. The molecule has 4 unspecified atom stereocenters. The number of rotatable bonds is 2. The van der Waals surface area contributed by atoms with Gasteiger partial charge < -0.3 is 4.57 Å². The summed E-state index contributed by atoms with van der Waals surface area (Å²) < 4.78 is 16.3. The van der Waals surface area contributed by atoms with Gasteiger partial charge in [-0.25, -0.2) is 9.37 Å². The van der Waals surface area contributed by atoms with Crippen molar-refractivity contribution < 1.29 is 4.39 Å². The minimum Gasteiger partial charge on any atom is -0.323 e. The van der Waals surface area contributed by atoms with E-state index in [1.165, 1.54) is 18.9 Å². The number of imidazole rings is 1. The van der Waals surface area contributed by atoms with E-state index in [9.17, 15) is 4.39 Å². The second-order valence-corrected chi connectivity index (χ2v) is 7.18. The summed E-state index contributed by atoms with van der Waals surface area (Å²) in [4.78, 5) is 4.50. The highest BCUT2D eigenvalue weighted by Crippen LogP contribution is 2.40. The number of halogens is 2. The standard InChI is InChI=1S/C17H22ClFN2/c1-10-7-8-14(11(2)9-10)21-15-6-4-5-13(19)16(15)20-17(21)12(3)18/h4-6,10-12,14H,7-9H2,1-3H3. The van der Waals surface area contributed by atoms with Crippen LogP contribution in [0.2, 0.25) is 0 Å². The molecule has 1 heterocycles. The van der Waals surface area contributed by atoms with Crippen LogP contribution >= 0.6 is 11.6 Å². The Kier molecular flexibility index (Phi) is 3.96. The Morgan fingerprint density at radius 2 is 2.10 bits per heavy atom. The van der Waals surface area contributed by atoms with Gasteiger partial charge in [0.2, 0.25) is 0 Å². The molecule has 2 nitrogen and oxygen atoms in total. The molecule has 0 aliphatic heterocycles. The lowest BCUT2D eigenvalue weighted by molar-refractivity contribution is 0.208. The number of nitrogens with zero attached hydrogens (tertiary/aromatic N) is 2. The van der Waals surface area contributed by atoms with E-state index in [-0.39, 0.29) is 11.2 Å². The minimum absolute atomic E-state index is 0.219. The monoisotopic (exact) mass is 308 g/mol. The lowest BCUT2D eigenvalue weighted by Gasteiger charge is -2.35. The third kappa shape index (κ3) is 2.57. The zero-order chi connectivity index (χ0) is 15.1. The summed E-state index contributed by atoms with van der Waals surface area (Å²) in [6.45, 7) is 6.50. The molecule has 1 saturated carbocycles. The minimum atomic E-state index is -0.262. The van der Waals surface area contributed by atoms with E-state index in [0.717, 1.165) is 23.7 Å². The number of fused-ring (bicyclic) bond motifs is 1. The van der Waals surface area contributed by atoms with Crippen LogP contribution < -0.4 is 0 Å². The molecule has 2 aromatic rings. The Morgan fingerprint density at radius 1 is 1.33 bits per heavy atom. The van der Waals surface area contributed by atoms with Gasteiger partial charge in [-0.1, -0.05) is 19.9 Å². The van der Waals surface area contributed by atoms with Crippen LogP contribution in [0.1, 0.15) is 57.3 Å². The van der Waals surface area contributed by atoms with Crippen LogP contribution in [0.3, 0.4) is 0 Å². The lowest BCUT2D eigenvalue weighted by Crippen LogP contribution is -2.26. The third-order valence-electron chi connectivity index (χ3n) is 4.77. The number of alkyl halides is 1. The van der Waals surface area contributed by atoms with Crippen molar-refractivity contribution in [1.29, 1.82) is 0 Å². The van der Waals surface area contributed by atoms with Crippen molar-refractivity contribution >= 4 is 22.6 Å². The summed E-state index contributed by atoms with van der Waals surface area (Å²) >= 11 is 6.32. The molecule has 4 atom stereocenters. The van der Waals surface area contributed by atoms with Crippen LogP contribution in [0.4, 0.5) is 4.39 Å². The first-order chi connectivity index (χ1) is 9.99. The molecule has 4 heteroatoms. The molecule has 0 radical (unpaired) electrons. The van der Waals surface area contributed by atoms with Crippen molar-refractivity contribution in [1.82, 2.24) is 9.55 Å². The molecule has 0 saturated heterocycles. The van der Waals surface area contributed by atoms with Gasteiger partial charge in [-0.15, -0.1) is 11.6 Å². The summed E-state index contributed by atoms with van der Waals surface area (Å²) in [5.74, 6) is 1.85. The van der Waals surface area contributed by atoms with E-state index in [4.69, 9.17) is 11.6 Å². The average Bonchev–Trinajstić information content (AvgIpc) is 2.80. The van der Waals surface area contributed by atoms with E-state index in [0.29, 0.717) is 17.5 Å². The molecule has 1 aromatic carbocycles. The predicted octanol–water partition coefficient (Wildman–Crippen LogP) is 5.47. The van der Waals surface area contributed by atoms with Crippen LogP contribution in [-0.4, -0.2) is 9.55 Å². The molecule has 0 amide bonds. The van der Waals surface area contributed by atoms with E-state index in [1.807, 2.05) is 13.0 Å². The fourth-order valence-corrected chi connectivity index (χ4v) is 3.92. The number of benzene rings is 1. The molecule has 0 spiro atoms. The first-order valence-electron chi connectivity index (χ1n) is 7.79. The zero-order valence-corrected chi connectivity index (χ0v) is 13.6. The molecule has 0 bridgehead atoms. The van der Waals surface area contributed by atoms with Gasteiger partial charge in [-0.3, -0.25) is 0 Å². The normalized spacial score (nSPS) is 28.0. The fraction of sp³-hybridized carbons (Fsp3) is 0.588. The first kappa shape index (κ1) is 14.8. The van der Waals surface area contributed by atoms with Crippen molar-refractivity contribution in [2.75, 3.05) is 0 Å². The summed E-state index contributed by atoms with van der Waals surface area (Å²) in [7, 11) is 0. The summed E-state index contributed by atoms with van der Waals surface area (Å²) in [5, 5.41) is -0.219. The second-order valence-electron chi connectivity index (χ2n) is 6.53. The first-order valence-corrected chi connectivity index (χ1v) is 8.23. The molecular formula is C17H22ClFN2. The van der Waals surface area contributed by atoms with E-state index >= 15 is 0 Å². The van der Waals surface area contributed by atoms with Gasteiger partial charge in [-0.05, 0) is 50.2 Å². The average molecular weight is 309 g/mol. The topological polar surface area (TPSA) is 17.8 Å². The van der Waals surface area contributed by atoms with Crippen LogP contribution in [0, 0.1) is 17.7 Å². The number of aromatic nitrogens is 2.